The SMILES string of the molecule is COCCCC(=O)Cc1cccc(Cl)c1Cl. The Kier molecular flexibility index (Phi) is 5.81. The topological polar surface area (TPSA) is 26.3 Å². The van der Waals surface area contributed by atoms with E-state index in [0.29, 0.717) is 29.5 Å². The van der Waals surface area contributed by atoms with Gasteiger partial charge in [0.25, 0.3) is 0 Å². The van der Waals surface area contributed by atoms with Crippen molar-refractivity contribution < 1.29 is 9.53 Å². The summed E-state index contributed by atoms with van der Waals surface area (Å²) in [6.45, 7) is 0.606. The fourth-order valence-electron chi connectivity index (χ4n) is 1.40. The summed E-state index contributed by atoms with van der Waals surface area (Å²) in [5.74, 6) is 0.154. The Hall–Kier alpha value is -0.570. The van der Waals surface area contributed by atoms with E-state index in [0.717, 1.165) is 12.0 Å². The minimum absolute atomic E-state index is 0.154. The van der Waals surface area contributed by atoms with E-state index in [1.54, 1.807) is 19.2 Å². The minimum Gasteiger partial charge on any atom is -0.385 e. The molecule has 1 rings (SSSR count). The number of rotatable bonds is 6. The monoisotopic (exact) mass is 260 g/mol. The molecule has 0 aromatic heterocycles. The van der Waals surface area contributed by atoms with Crippen molar-refractivity contribution in [2.75, 3.05) is 13.7 Å². The molecule has 0 spiro atoms. The molecule has 0 aliphatic rings. The number of carbonyl (C=O) groups is 1. The molecule has 0 fully saturated rings. The van der Waals surface area contributed by atoms with Crippen LogP contribution in [0.1, 0.15) is 18.4 Å². The Balaban J connectivity index is 2.53. The quantitative estimate of drug-likeness (QED) is 0.732. The predicted molar refractivity (Wildman–Crippen MR) is 66.3 cm³/mol. The van der Waals surface area contributed by atoms with Gasteiger partial charge < -0.3 is 4.74 Å². The maximum Gasteiger partial charge on any atom is 0.137 e. The second kappa shape index (κ2) is 6.89. The van der Waals surface area contributed by atoms with E-state index in [9.17, 15) is 4.79 Å². The molecule has 16 heavy (non-hydrogen) atoms. The zero-order valence-corrected chi connectivity index (χ0v) is 10.6. The third-order valence-electron chi connectivity index (χ3n) is 2.22. The number of hydrogen-bond acceptors (Lipinski definition) is 2. The highest BCUT2D eigenvalue weighted by Gasteiger charge is 2.09. The van der Waals surface area contributed by atoms with Gasteiger partial charge in [0, 0.05) is 26.6 Å². The van der Waals surface area contributed by atoms with Crippen LogP contribution in [0.5, 0.6) is 0 Å². The summed E-state index contributed by atoms with van der Waals surface area (Å²) in [5.41, 5.74) is 0.789. The predicted octanol–water partition coefficient (Wildman–Crippen LogP) is 3.53. The molecule has 2 nitrogen and oxygen atoms in total. The van der Waals surface area contributed by atoms with Crippen LogP contribution < -0.4 is 0 Å². The molecule has 0 N–H and O–H groups in total. The molecule has 0 amide bonds. The molecule has 4 heteroatoms. The van der Waals surface area contributed by atoms with Crippen LogP contribution in [0.2, 0.25) is 10.0 Å². The van der Waals surface area contributed by atoms with Crippen molar-refractivity contribution in [3.05, 3.63) is 33.8 Å². The van der Waals surface area contributed by atoms with Gasteiger partial charge >= 0.3 is 0 Å². The second-order valence-electron chi connectivity index (χ2n) is 3.52. The van der Waals surface area contributed by atoms with Gasteiger partial charge in [-0.2, -0.15) is 0 Å². The molecule has 0 heterocycles. The Bertz CT molecular complexity index is 364. The number of ketones is 1. The standard InChI is InChI=1S/C12H14Cl2O2/c1-16-7-3-5-10(15)8-9-4-2-6-11(13)12(9)14/h2,4,6H,3,5,7-8H2,1H3. The summed E-state index contributed by atoms with van der Waals surface area (Å²) in [4.78, 5) is 11.6. The van der Waals surface area contributed by atoms with Crippen molar-refractivity contribution in [1.82, 2.24) is 0 Å². The first-order valence-corrected chi connectivity index (χ1v) is 5.84. The number of Topliss-reactive ketones (excluding diaryl/α,β-unsaturated/α-hetero) is 1. The van der Waals surface area contributed by atoms with Gasteiger partial charge in [0.05, 0.1) is 10.0 Å². The molecular formula is C12H14Cl2O2. The molecular weight excluding hydrogens is 247 g/mol. The fourth-order valence-corrected chi connectivity index (χ4v) is 1.79. The van der Waals surface area contributed by atoms with Crippen LogP contribution in [0.15, 0.2) is 18.2 Å². The lowest BCUT2D eigenvalue weighted by atomic mass is 10.1. The van der Waals surface area contributed by atoms with Gasteiger partial charge in [-0.3, -0.25) is 4.79 Å². The lowest BCUT2D eigenvalue weighted by molar-refractivity contribution is -0.118. The summed E-state index contributed by atoms with van der Waals surface area (Å²) in [7, 11) is 1.62. The van der Waals surface area contributed by atoms with E-state index in [1.807, 2.05) is 6.07 Å². The molecule has 0 unspecified atom stereocenters. The highest BCUT2D eigenvalue weighted by atomic mass is 35.5. The van der Waals surface area contributed by atoms with Crippen LogP contribution in [0, 0.1) is 0 Å². The number of benzene rings is 1. The number of halogens is 2. The number of carbonyl (C=O) groups excluding carboxylic acids is 1. The average molecular weight is 261 g/mol. The number of ether oxygens (including phenoxy) is 1. The van der Waals surface area contributed by atoms with E-state index in [-0.39, 0.29) is 5.78 Å². The Morgan fingerprint density at radius 1 is 1.38 bits per heavy atom. The van der Waals surface area contributed by atoms with Crippen molar-refractivity contribution in [1.29, 1.82) is 0 Å². The molecule has 1 aromatic rings. The molecule has 0 aliphatic heterocycles. The lowest BCUT2D eigenvalue weighted by Crippen LogP contribution is -2.04. The van der Waals surface area contributed by atoms with E-state index >= 15 is 0 Å². The fraction of sp³-hybridized carbons (Fsp3) is 0.417. The molecule has 0 radical (unpaired) electrons. The third kappa shape index (κ3) is 4.12. The molecule has 0 atom stereocenters. The van der Waals surface area contributed by atoms with Crippen LogP contribution in [-0.4, -0.2) is 19.5 Å². The Morgan fingerprint density at radius 2 is 2.12 bits per heavy atom. The van der Waals surface area contributed by atoms with Crippen LogP contribution in [0.3, 0.4) is 0 Å². The van der Waals surface area contributed by atoms with Crippen molar-refractivity contribution in [3.63, 3.8) is 0 Å². The van der Waals surface area contributed by atoms with Crippen LogP contribution in [0.4, 0.5) is 0 Å². The Labute approximate surface area is 106 Å². The highest BCUT2D eigenvalue weighted by molar-refractivity contribution is 6.42. The lowest BCUT2D eigenvalue weighted by Gasteiger charge is -2.05. The van der Waals surface area contributed by atoms with E-state index in [4.69, 9.17) is 27.9 Å². The normalized spacial score (nSPS) is 10.4. The summed E-state index contributed by atoms with van der Waals surface area (Å²) in [6.07, 6.45) is 1.59. The van der Waals surface area contributed by atoms with Gasteiger partial charge in [-0.1, -0.05) is 35.3 Å². The smallest absolute Gasteiger partial charge is 0.137 e. The zero-order chi connectivity index (χ0) is 12.0. The van der Waals surface area contributed by atoms with Crippen LogP contribution >= 0.6 is 23.2 Å². The molecule has 0 bridgehead atoms. The van der Waals surface area contributed by atoms with Crippen molar-refractivity contribution in [3.8, 4) is 0 Å². The molecule has 1 aromatic carbocycles. The largest absolute Gasteiger partial charge is 0.385 e. The van der Waals surface area contributed by atoms with Gasteiger partial charge in [-0.25, -0.2) is 0 Å². The first-order valence-electron chi connectivity index (χ1n) is 5.08. The molecule has 88 valence electrons. The van der Waals surface area contributed by atoms with Gasteiger partial charge in [0.2, 0.25) is 0 Å². The summed E-state index contributed by atoms with van der Waals surface area (Å²) >= 11 is 11.9. The maximum absolute atomic E-state index is 11.6. The maximum atomic E-state index is 11.6. The first-order chi connectivity index (χ1) is 7.65. The summed E-state index contributed by atoms with van der Waals surface area (Å²) in [6, 6.07) is 5.33. The average Bonchev–Trinajstić information content (AvgIpc) is 2.25. The number of hydrogen-bond donors (Lipinski definition) is 0. The van der Waals surface area contributed by atoms with Gasteiger partial charge in [0.15, 0.2) is 0 Å². The molecule has 0 aliphatic carbocycles. The van der Waals surface area contributed by atoms with E-state index in [1.165, 1.54) is 0 Å². The first kappa shape index (κ1) is 13.5. The summed E-state index contributed by atoms with van der Waals surface area (Å²) in [5, 5.41) is 0.966. The second-order valence-corrected chi connectivity index (χ2v) is 4.31. The molecule has 0 saturated heterocycles. The minimum atomic E-state index is 0.154. The summed E-state index contributed by atoms with van der Waals surface area (Å²) < 4.78 is 4.89. The zero-order valence-electron chi connectivity index (χ0n) is 9.13. The van der Waals surface area contributed by atoms with Crippen LogP contribution in [0.25, 0.3) is 0 Å². The van der Waals surface area contributed by atoms with Gasteiger partial charge in [-0.15, -0.1) is 0 Å². The molecule has 0 saturated carbocycles. The van der Waals surface area contributed by atoms with Crippen molar-refractivity contribution in [2.24, 2.45) is 0 Å². The third-order valence-corrected chi connectivity index (χ3v) is 3.08. The van der Waals surface area contributed by atoms with Gasteiger partial charge in [-0.05, 0) is 18.1 Å². The van der Waals surface area contributed by atoms with Crippen molar-refractivity contribution >= 4 is 29.0 Å². The van der Waals surface area contributed by atoms with Gasteiger partial charge in [0.1, 0.15) is 5.78 Å². The number of methoxy groups -OCH3 is 1. The van der Waals surface area contributed by atoms with Crippen LogP contribution in [-0.2, 0) is 16.0 Å². The van der Waals surface area contributed by atoms with Crippen molar-refractivity contribution in [2.45, 2.75) is 19.3 Å². The van der Waals surface area contributed by atoms with E-state index < -0.39 is 0 Å². The van der Waals surface area contributed by atoms with E-state index in [2.05, 4.69) is 0 Å². The highest BCUT2D eigenvalue weighted by Crippen LogP contribution is 2.26. The Morgan fingerprint density at radius 3 is 2.81 bits per heavy atom.